The fourth-order valence-corrected chi connectivity index (χ4v) is 6.63. The van der Waals surface area contributed by atoms with E-state index in [0.29, 0.717) is 52.9 Å². The maximum atomic E-state index is 13.8. The number of benzene rings is 3. The van der Waals surface area contributed by atoms with E-state index in [0.717, 1.165) is 22.3 Å². The van der Waals surface area contributed by atoms with Crippen molar-refractivity contribution in [2.24, 2.45) is 0 Å². The summed E-state index contributed by atoms with van der Waals surface area (Å²) in [6.45, 7) is 13.6. The van der Waals surface area contributed by atoms with Gasteiger partial charge < -0.3 is 23.4 Å². The second kappa shape index (κ2) is 15.1. The Balaban J connectivity index is 2.15. The Morgan fingerprint density at radius 2 is 1.39 bits per heavy atom. The minimum atomic E-state index is -1.99. The van der Waals surface area contributed by atoms with E-state index >= 15 is 0 Å². The van der Waals surface area contributed by atoms with Crippen LogP contribution in [-0.4, -0.2) is 47.6 Å². The van der Waals surface area contributed by atoms with E-state index in [1.165, 1.54) is 7.11 Å². The Morgan fingerprint density at radius 3 is 1.91 bits per heavy atom. The number of nitrogens with one attached hydrogen (secondary N) is 1. The van der Waals surface area contributed by atoms with Gasteiger partial charge in [-0.25, -0.2) is 8.93 Å². The average Bonchev–Trinajstić information content (AvgIpc) is 2.99. The van der Waals surface area contributed by atoms with Gasteiger partial charge in [0.15, 0.2) is 31.3 Å². The first kappa shape index (κ1) is 35.1. The van der Waals surface area contributed by atoms with Gasteiger partial charge in [0.2, 0.25) is 0 Å². The van der Waals surface area contributed by atoms with Crippen LogP contribution in [-0.2, 0) is 28.3 Å². The smallest absolute Gasteiger partial charge is 0.191 e. The first-order valence-corrected chi connectivity index (χ1v) is 18.6. The van der Waals surface area contributed by atoms with Gasteiger partial charge in [0.1, 0.15) is 11.0 Å². The molecule has 0 fully saturated rings. The van der Waals surface area contributed by atoms with Gasteiger partial charge in [-0.15, -0.1) is 0 Å². The summed E-state index contributed by atoms with van der Waals surface area (Å²) < 4.78 is 46.1. The molecule has 3 aromatic carbocycles. The molecule has 0 radical (unpaired) electrons. The molecule has 44 heavy (non-hydrogen) atoms. The SMILES string of the molecule is COc1cc(C#N)c(C[C@H](N[S@@](=O)c2ccc(C)cc2)c2cc(OC)c(OC)cc2CCO[Si](C)(C)C(C)(C)C)cc1OC. The van der Waals surface area contributed by atoms with Gasteiger partial charge in [-0.2, -0.15) is 5.26 Å². The summed E-state index contributed by atoms with van der Waals surface area (Å²) >= 11 is 0. The fourth-order valence-electron chi connectivity index (χ4n) is 4.60. The third-order valence-electron chi connectivity index (χ3n) is 8.30. The molecule has 0 saturated heterocycles. The highest BCUT2D eigenvalue weighted by Gasteiger charge is 2.37. The lowest BCUT2D eigenvalue weighted by atomic mass is 9.91. The minimum Gasteiger partial charge on any atom is -0.493 e. The molecule has 0 amide bonds. The number of ether oxygens (including phenoxy) is 4. The van der Waals surface area contributed by atoms with Crippen LogP contribution in [0, 0.1) is 18.3 Å². The summed E-state index contributed by atoms with van der Waals surface area (Å²) in [5.74, 6) is 2.13. The number of rotatable bonds is 14. The van der Waals surface area contributed by atoms with Gasteiger partial charge in [-0.05, 0) is 84.9 Å². The van der Waals surface area contributed by atoms with Gasteiger partial charge in [-0.1, -0.05) is 38.5 Å². The minimum absolute atomic E-state index is 0.0730. The van der Waals surface area contributed by atoms with Gasteiger partial charge in [-0.3, -0.25) is 0 Å². The maximum Gasteiger partial charge on any atom is 0.191 e. The summed E-state index contributed by atoms with van der Waals surface area (Å²) in [4.78, 5) is 0.650. The number of hydrogen-bond acceptors (Lipinski definition) is 7. The van der Waals surface area contributed by atoms with E-state index in [4.69, 9.17) is 23.4 Å². The van der Waals surface area contributed by atoms with Gasteiger partial charge in [0.05, 0.1) is 45.0 Å². The predicted molar refractivity (Wildman–Crippen MR) is 178 cm³/mol. The summed E-state index contributed by atoms with van der Waals surface area (Å²) in [5, 5.41) is 10.1. The largest absolute Gasteiger partial charge is 0.493 e. The average molecular weight is 639 g/mol. The lowest BCUT2D eigenvalue weighted by Crippen LogP contribution is -2.41. The highest BCUT2D eigenvalue weighted by atomic mass is 32.2. The zero-order valence-electron chi connectivity index (χ0n) is 27.6. The van der Waals surface area contributed by atoms with Crippen molar-refractivity contribution in [2.75, 3.05) is 35.0 Å². The van der Waals surface area contributed by atoms with E-state index in [1.54, 1.807) is 27.4 Å². The van der Waals surface area contributed by atoms with E-state index in [-0.39, 0.29) is 5.04 Å². The second-order valence-electron chi connectivity index (χ2n) is 12.2. The molecule has 0 aliphatic heterocycles. The van der Waals surface area contributed by atoms with E-state index in [1.807, 2.05) is 49.4 Å². The molecule has 238 valence electrons. The van der Waals surface area contributed by atoms with E-state index in [2.05, 4.69) is 44.7 Å². The molecular weight excluding hydrogens is 593 g/mol. The maximum absolute atomic E-state index is 13.8. The van der Waals surface area contributed by atoms with Crippen LogP contribution >= 0.6 is 0 Å². The van der Waals surface area contributed by atoms with Gasteiger partial charge in [0.25, 0.3) is 0 Å². The summed E-state index contributed by atoms with van der Waals surface area (Å²) in [6, 6.07) is 16.8. The molecule has 3 rings (SSSR count). The van der Waals surface area contributed by atoms with Gasteiger partial charge in [0, 0.05) is 18.7 Å². The molecule has 3 aromatic rings. The van der Waals surface area contributed by atoms with Crippen molar-refractivity contribution < 1.29 is 27.6 Å². The molecule has 2 atom stereocenters. The molecule has 0 aromatic heterocycles. The lowest BCUT2D eigenvalue weighted by molar-refractivity contribution is 0.291. The summed E-state index contributed by atoms with van der Waals surface area (Å²) in [5.41, 5.74) is 4.09. The lowest BCUT2D eigenvalue weighted by Gasteiger charge is -2.36. The molecule has 0 unspecified atom stereocenters. The molecule has 8 nitrogen and oxygen atoms in total. The van der Waals surface area contributed by atoms with Gasteiger partial charge >= 0.3 is 0 Å². The molecule has 1 N–H and O–H groups in total. The van der Waals surface area contributed by atoms with Crippen LogP contribution < -0.4 is 23.7 Å². The van der Waals surface area contributed by atoms with Crippen LogP contribution in [0.15, 0.2) is 53.4 Å². The Morgan fingerprint density at radius 1 is 0.864 bits per heavy atom. The third-order valence-corrected chi connectivity index (χ3v) is 14.0. The molecule has 0 saturated carbocycles. The van der Waals surface area contributed by atoms with Crippen molar-refractivity contribution in [3.63, 3.8) is 0 Å². The normalized spacial score (nSPS) is 13.1. The molecule has 0 bridgehead atoms. The zero-order chi connectivity index (χ0) is 32.7. The van der Waals surface area contributed by atoms with Crippen molar-refractivity contribution >= 4 is 19.3 Å². The molecule has 0 aliphatic rings. The van der Waals surface area contributed by atoms with Crippen LogP contribution in [0.25, 0.3) is 0 Å². The molecule has 0 aliphatic carbocycles. The predicted octanol–water partition coefficient (Wildman–Crippen LogP) is 7.06. The molecular formula is C34H46N2O6SSi. The standard InChI is InChI=1S/C34H46N2O6SSi/c1-23-11-13-27(14-12-23)43(37)36-29(17-25-19-31(39-6)32(40-7)20-26(25)22-35)28-21-33(41-8)30(38-5)18-24(28)15-16-42-44(9,10)34(2,3)4/h11-14,18-21,29,36H,15-17H2,1-10H3/t29-,43-/m0/s1. The van der Waals surface area contributed by atoms with Crippen LogP contribution in [0.3, 0.4) is 0 Å². The number of nitriles is 1. The summed E-state index contributed by atoms with van der Waals surface area (Å²) in [6.07, 6.45) is 0.945. The number of methoxy groups -OCH3 is 4. The Hall–Kier alpha value is -3.36. The first-order chi connectivity index (χ1) is 20.8. The Bertz CT molecular complexity index is 1500. The highest BCUT2D eigenvalue weighted by molar-refractivity contribution is 7.83. The Kier molecular flexibility index (Phi) is 12.0. The van der Waals surface area contributed by atoms with Crippen LogP contribution in [0.5, 0.6) is 23.0 Å². The molecule has 0 spiro atoms. The van der Waals surface area contributed by atoms with Crippen molar-refractivity contribution in [2.45, 2.75) is 69.6 Å². The van der Waals surface area contributed by atoms with Crippen molar-refractivity contribution in [1.82, 2.24) is 4.72 Å². The second-order valence-corrected chi connectivity index (χ2v) is 18.3. The monoisotopic (exact) mass is 638 g/mol. The van der Waals surface area contributed by atoms with Crippen LogP contribution in [0.1, 0.15) is 54.6 Å². The molecule has 10 heteroatoms. The topological polar surface area (TPSA) is 99.0 Å². The zero-order valence-corrected chi connectivity index (χ0v) is 29.4. The van der Waals surface area contributed by atoms with E-state index in [9.17, 15) is 9.47 Å². The van der Waals surface area contributed by atoms with Crippen molar-refractivity contribution in [1.29, 1.82) is 5.26 Å². The Labute approximate surface area is 266 Å². The first-order valence-electron chi connectivity index (χ1n) is 14.6. The van der Waals surface area contributed by atoms with Crippen molar-refractivity contribution in [3.8, 4) is 29.1 Å². The summed E-state index contributed by atoms with van der Waals surface area (Å²) in [7, 11) is 2.75. The number of aryl methyl sites for hydroxylation is 1. The highest BCUT2D eigenvalue weighted by Crippen LogP contribution is 2.39. The number of nitrogens with zero attached hydrogens (tertiary/aromatic N) is 1. The molecule has 0 heterocycles. The van der Waals surface area contributed by atoms with E-state index < -0.39 is 25.3 Å². The quantitative estimate of drug-likeness (QED) is 0.189. The fraction of sp³-hybridized carbons (Fsp3) is 0.441. The third kappa shape index (κ3) is 8.42. The van der Waals surface area contributed by atoms with Crippen LogP contribution in [0.2, 0.25) is 18.1 Å². The van der Waals surface area contributed by atoms with Crippen LogP contribution in [0.4, 0.5) is 0 Å². The van der Waals surface area contributed by atoms with Crippen molar-refractivity contribution in [3.05, 3.63) is 76.3 Å². The number of hydrogen-bond donors (Lipinski definition) is 1.